The van der Waals surface area contributed by atoms with E-state index in [1.54, 1.807) is 12.1 Å². The van der Waals surface area contributed by atoms with Crippen LogP contribution < -0.4 is 5.32 Å². The number of benzene rings is 1. The summed E-state index contributed by atoms with van der Waals surface area (Å²) in [6.45, 7) is -0.0196. The minimum Gasteiger partial charge on any atom is -0.350 e. The van der Waals surface area contributed by atoms with E-state index in [1.165, 1.54) is 12.1 Å². The lowest BCUT2D eigenvalue weighted by molar-refractivity contribution is -0.142. The van der Waals surface area contributed by atoms with Crippen LogP contribution >= 0.6 is 0 Å². The second kappa shape index (κ2) is 5.60. The van der Waals surface area contributed by atoms with Crippen LogP contribution in [0, 0.1) is 5.82 Å². The maximum absolute atomic E-state index is 12.7. The number of likely N-dealkylation sites (tertiary alicyclic amines) is 1. The van der Waals surface area contributed by atoms with E-state index in [1.807, 2.05) is 0 Å². The Bertz CT molecular complexity index is 497. The van der Waals surface area contributed by atoms with Crippen molar-refractivity contribution in [3.05, 3.63) is 35.6 Å². The number of hydrogen-bond acceptors (Lipinski definition) is 3. The van der Waals surface area contributed by atoms with Crippen LogP contribution in [0.1, 0.15) is 18.4 Å². The van der Waals surface area contributed by atoms with Gasteiger partial charge in [0.1, 0.15) is 12.4 Å². The lowest BCUT2D eigenvalue weighted by atomic mass is 10.2. The van der Waals surface area contributed by atoms with Crippen LogP contribution in [0.25, 0.3) is 0 Å². The zero-order chi connectivity index (χ0) is 13.8. The average molecular weight is 264 g/mol. The number of carbonyl (C=O) groups excluding carboxylic acids is 3. The third-order valence-electron chi connectivity index (χ3n) is 2.86. The third-order valence-corrected chi connectivity index (χ3v) is 2.86. The van der Waals surface area contributed by atoms with E-state index in [2.05, 4.69) is 5.32 Å². The first-order valence-electron chi connectivity index (χ1n) is 5.90. The van der Waals surface area contributed by atoms with Crippen molar-refractivity contribution in [2.45, 2.75) is 19.4 Å². The molecule has 1 aliphatic heterocycles. The van der Waals surface area contributed by atoms with Crippen molar-refractivity contribution in [3.8, 4) is 0 Å². The van der Waals surface area contributed by atoms with Gasteiger partial charge in [-0.1, -0.05) is 12.1 Å². The number of nitrogens with one attached hydrogen (secondary N) is 1. The summed E-state index contributed by atoms with van der Waals surface area (Å²) in [5.74, 6) is -1.39. The van der Waals surface area contributed by atoms with Gasteiger partial charge in [0.05, 0.1) is 0 Å². The second-order valence-corrected chi connectivity index (χ2v) is 4.28. The van der Waals surface area contributed by atoms with Crippen molar-refractivity contribution in [3.63, 3.8) is 0 Å². The van der Waals surface area contributed by atoms with Gasteiger partial charge in [-0.2, -0.15) is 0 Å². The van der Waals surface area contributed by atoms with Gasteiger partial charge < -0.3 is 5.32 Å². The summed E-state index contributed by atoms with van der Waals surface area (Å²) < 4.78 is 12.7. The van der Waals surface area contributed by atoms with Gasteiger partial charge in [0.2, 0.25) is 17.7 Å². The van der Waals surface area contributed by atoms with Gasteiger partial charge in [0.15, 0.2) is 0 Å². The summed E-state index contributed by atoms with van der Waals surface area (Å²) in [5.41, 5.74) is 0.744. The number of halogens is 1. The molecule has 1 saturated heterocycles. The van der Waals surface area contributed by atoms with E-state index >= 15 is 0 Å². The molecule has 0 saturated carbocycles. The maximum Gasteiger partial charge on any atom is 0.240 e. The molecule has 3 amide bonds. The molecule has 0 unspecified atom stereocenters. The van der Waals surface area contributed by atoms with Gasteiger partial charge in [0, 0.05) is 19.4 Å². The number of rotatable bonds is 4. The highest BCUT2D eigenvalue weighted by Gasteiger charge is 2.30. The zero-order valence-corrected chi connectivity index (χ0v) is 10.2. The van der Waals surface area contributed by atoms with E-state index in [9.17, 15) is 18.8 Å². The molecule has 6 heteroatoms. The van der Waals surface area contributed by atoms with E-state index in [0.29, 0.717) is 0 Å². The molecule has 0 aromatic heterocycles. The number of imide groups is 1. The molecule has 1 fully saturated rings. The highest BCUT2D eigenvalue weighted by Crippen LogP contribution is 2.10. The maximum atomic E-state index is 12.7. The molecular formula is C13H13FN2O3. The standard InChI is InChI=1S/C13H13FN2O3/c14-10-3-1-9(2-4-10)7-15-11(17)8-16-12(18)5-6-13(16)19/h1-4H,5-8H2,(H,15,17). The summed E-state index contributed by atoms with van der Waals surface area (Å²) in [7, 11) is 0. The topological polar surface area (TPSA) is 66.5 Å². The monoisotopic (exact) mass is 264 g/mol. The smallest absolute Gasteiger partial charge is 0.240 e. The molecule has 0 aliphatic carbocycles. The molecule has 0 radical (unpaired) electrons. The molecule has 1 aromatic carbocycles. The molecular weight excluding hydrogens is 251 g/mol. The van der Waals surface area contributed by atoms with Crippen molar-refractivity contribution >= 4 is 17.7 Å². The van der Waals surface area contributed by atoms with Crippen LogP contribution in [-0.2, 0) is 20.9 Å². The van der Waals surface area contributed by atoms with Gasteiger partial charge in [0.25, 0.3) is 0 Å². The fourth-order valence-corrected chi connectivity index (χ4v) is 1.80. The normalized spacial score (nSPS) is 14.9. The van der Waals surface area contributed by atoms with Gasteiger partial charge in [-0.15, -0.1) is 0 Å². The van der Waals surface area contributed by atoms with Crippen LogP contribution in [0.5, 0.6) is 0 Å². The molecule has 100 valence electrons. The lowest BCUT2D eigenvalue weighted by Crippen LogP contribution is -2.39. The molecule has 0 atom stereocenters. The fourth-order valence-electron chi connectivity index (χ4n) is 1.80. The quantitative estimate of drug-likeness (QED) is 0.809. The minimum absolute atomic E-state index is 0.171. The van der Waals surface area contributed by atoms with Gasteiger partial charge >= 0.3 is 0 Å². The third kappa shape index (κ3) is 3.37. The van der Waals surface area contributed by atoms with Crippen molar-refractivity contribution in [2.75, 3.05) is 6.54 Å². The summed E-state index contributed by atoms with van der Waals surface area (Å²) in [6, 6.07) is 5.72. The van der Waals surface area contributed by atoms with Crippen molar-refractivity contribution in [2.24, 2.45) is 0 Å². The first-order chi connectivity index (χ1) is 9.06. The van der Waals surface area contributed by atoms with Crippen LogP contribution in [0.3, 0.4) is 0 Å². The summed E-state index contributed by atoms with van der Waals surface area (Å²) in [4.78, 5) is 35.2. The molecule has 0 bridgehead atoms. The molecule has 1 aromatic rings. The summed E-state index contributed by atoms with van der Waals surface area (Å²) >= 11 is 0. The van der Waals surface area contributed by atoms with Gasteiger partial charge in [-0.25, -0.2) is 4.39 Å². The Morgan fingerprint density at radius 1 is 1.16 bits per heavy atom. The molecule has 2 rings (SSSR count). The molecule has 5 nitrogen and oxygen atoms in total. The SMILES string of the molecule is O=C(CN1C(=O)CCC1=O)NCc1ccc(F)cc1. The molecule has 1 aliphatic rings. The summed E-state index contributed by atoms with van der Waals surface area (Å²) in [5, 5.41) is 2.58. The predicted molar refractivity (Wildman–Crippen MR) is 64.2 cm³/mol. The number of amides is 3. The van der Waals surface area contributed by atoms with E-state index in [-0.39, 0.29) is 43.6 Å². The van der Waals surface area contributed by atoms with Crippen molar-refractivity contribution in [1.29, 1.82) is 0 Å². The van der Waals surface area contributed by atoms with Crippen LogP contribution in [-0.4, -0.2) is 29.2 Å². The Morgan fingerprint density at radius 2 is 1.74 bits per heavy atom. The zero-order valence-electron chi connectivity index (χ0n) is 10.2. The highest BCUT2D eigenvalue weighted by molar-refractivity contribution is 6.04. The second-order valence-electron chi connectivity index (χ2n) is 4.28. The van der Waals surface area contributed by atoms with Crippen LogP contribution in [0.2, 0.25) is 0 Å². The first-order valence-corrected chi connectivity index (χ1v) is 5.90. The van der Waals surface area contributed by atoms with Crippen LogP contribution in [0.15, 0.2) is 24.3 Å². The molecule has 0 spiro atoms. The Labute approximate surface area is 109 Å². The van der Waals surface area contributed by atoms with Gasteiger partial charge in [-0.3, -0.25) is 19.3 Å². The molecule has 1 heterocycles. The highest BCUT2D eigenvalue weighted by atomic mass is 19.1. The van der Waals surface area contributed by atoms with E-state index in [0.717, 1.165) is 10.5 Å². The molecule has 19 heavy (non-hydrogen) atoms. The Balaban J connectivity index is 1.83. The van der Waals surface area contributed by atoms with E-state index in [4.69, 9.17) is 0 Å². The van der Waals surface area contributed by atoms with Crippen molar-refractivity contribution in [1.82, 2.24) is 10.2 Å². The number of nitrogens with zero attached hydrogens (tertiary/aromatic N) is 1. The van der Waals surface area contributed by atoms with Gasteiger partial charge in [-0.05, 0) is 17.7 Å². The van der Waals surface area contributed by atoms with Crippen molar-refractivity contribution < 1.29 is 18.8 Å². The minimum atomic E-state index is -0.409. The average Bonchev–Trinajstić information content (AvgIpc) is 2.70. The Morgan fingerprint density at radius 3 is 2.32 bits per heavy atom. The number of carbonyl (C=O) groups is 3. The fraction of sp³-hybridized carbons (Fsp3) is 0.308. The molecule has 1 N–H and O–H groups in total. The summed E-state index contributed by atoms with van der Waals surface area (Å²) in [6.07, 6.45) is 0.341. The Kier molecular flexibility index (Phi) is 3.89. The predicted octanol–water partition coefficient (Wildman–Crippen LogP) is 0.591. The Hall–Kier alpha value is -2.24. The first kappa shape index (κ1) is 13.2. The number of hydrogen-bond donors (Lipinski definition) is 1. The lowest BCUT2D eigenvalue weighted by Gasteiger charge is -2.13. The largest absolute Gasteiger partial charge is 0.350 e. The van der Waals surface area contributed by atoms with E-state index < -0.39 is 5.91 Å². The van der Waals surface area contributed by atoms with Crippen LogP contribution in [0.4, 0.5) is 4.39 Å².